The summed E-state index contributed by atoms with van der Waals surface area (Å²) >= 11 is 0. The molecule has 6 nitrogen and oxygen atoms in total. The maximum Gasteiger partial charge on any atom is 0.252 e. The van der Waals surface area contributed by atoms with E-state index >= 15 is 0 Å². The molecule has 0 aromatic carbocycles. The van der Waals surface area contributed by atoms with Gasteiger partial charge in [0.15, 0.2) is 17.2 Å². The lowest BCUT2D eigenvalue weighted by atomic mass is 10.3. The minimum atomic E-state index is 0.556. The molecule has 19 heavy (non-hydrogen) atoms. The van der Waals surface area contributed by atoms with E-state index < -0.39 is 0 Å². The van der Waals surface area contributed by atoms with Crippen molar-refractivity contribution >= 4 is 17.0 Å². The first-order chi connectivity index (χ1) is 9.28. The molecule has 2 heterocycles. The van der Waals surface area contributed by atoms with Crippen LogP contribution >= 0.6 is 0 Å². The van der Waals surface area contributed by atoms with Gasteiger partial charge >= 0.3 is 0 Å². The van der Waals surface area contributed by atoms with Crippen molar-refractivity contribution in [3.8, 4) is 0 Å². The Labute approximate surface area is 111 Å². The number of hydrogen-bond acceptors (Lipinski definition) is 6. The van der Waals surface area contributed by atoms with E-state index in [0.29, 0.717) is 18.2 Å². The summed E-state index contributed by atoms with van der Waals surface area (Å²) < 4.78 is 10.6. The number of nitrogens with zero attached hydrogens (tertiary/aromatic N) is 4. The van der Waals surface area contributed by atoms with Crippen molar-refractivity contribution in [3.05, 3.63) is 12.2 Å². The van der Waals surface area contributed by atoms with Crippen molar-refractivity contribution in [1.82, 2.24) is 15.0 Å². The van der Waals surface area contributed by atoms with Crippen LogP contribution in [-0.2, 0) is 4.74 Å². The van der Waals surface area contributed by atoms with E-state index in [1.54, 1.807) is 7.11 Å². The summed E-state index contributed by atoms with van der Waals surface area (Å²) in [6.07, 6.45) is 4.14. The van der Waals surface area contributed by atoms with E-state index in [-0.39, 0.29) is 0 Å². The first-order valence-electron chi connectivity index (χ1n) is 6.60. The smallest absolute Gasteiger partial charge is 0.252 e. The lowest BCUT2D eigenvalue weighted by molar-refractivity contribution is 0.205. The Kier molecular flexibility index (Phi) is 3.33. The van der Waals surface area contributed by atoms with Crippen LogP contribution in [0.4, 0.5) is 5.82 Å². The first-order valence-corrected chi connectivity index (χ1v) is 6.60. The minimum absolute atomic E-state index is 0.556. The van der Waals surface area contributed by atoms with Gasteiger partial charge in [0.25, 0.3) is 5.71 Å². The molecule has 1 saturated carbocycles. The summed E-state index contributed by atoms with van der Waals surface area (Å²) in [7, 11) is 1.71. The summed E-state index contributed by atoms with van der Waals surface area (Å²) in [4.78, 5) is 15.1. The van der Waals surface area contributed by atoms with Gasteiger partial charge in [-0.05, 0) is 18.8 Å². The second-order valence-electron chi connectivity index (χ2n) is 4.97. The molecular weight excluding hydrogens is 244 g/mol. The monoisotopic (exact) mass is 262 g/mol. The van der Waals surface area contributed by atoms with Gasteiger partial charge in [-0.1, -0.05) is 0 Å². The van der Waals surface area contributed by atoms with Crippen LogP contribution in [0.15, 0.2) is 10.7 Å². The highest BCUT2D eigenvalue weighted by molar-refractivity contribution is 5.81. The number of oxazole rings is 1. The lowest BCUT2D eigenvalue weighted by Crippen LogP contribution is -2.30. The molecule has 0 bridgehead atoms. The molecule has 2 aromatic heterocycles. The summed E-state index contributed by atoms with van der Waals surface area (Å²) in [5, 5.41) is 0. The van der Waals surface area contributed by atoms with Crippen molar-refractivity contribution in [2.75, 3.05) is 31.7 Å². The number of aromatic nitrogens is 3. The van der Waals surface area contributed by atoms with Crippen LogP contribution in [0.3, 0.4) is 0 Å². The van der Waals surface area contributed by atoms with Gasteiger partial charge in [-0.3, -0.25) is 0 Å². The van der Waals surface area contributed by atoms with Gasteiger partial charge in [0, 0.05) is 27.1 Å². The number of aryl methyl sites for hydroxylation is 1. The molecule has 2 aromatic rings. The quantitative estimate of drug-likeness (QED) is 0.790. The molecule has 1 aliphatic rings. The molecule has 1 fully saturated rings. The lowest BCUT2D eigenvalue weighted by Gasteiger charge is -2.22. The molecule has 102 valence electrons. The van der Waals surface area contributed by atoms with E-state index in [1.165, 1.54) is 19.2 Å². The van der Waals surface area contributed by atoms with Gasteiger partial charge in [-0.25, -0.2) is 9.97 Å². The molecule has 3 rings (SSSR count). The summed E-state index contributed by atoms with van der Waals surface area (Å²) in [6, 6.07) is 0. The zero-order valence-electron chi connectivity index (χ0n) is 11.3. The van der Waals surface area contributed by atoms with Crippen LogP contribution < -0.4 is 4.90 Å². The minimum Gasteiger partial charge on any atom is -0.422 e. The highest BCUT2D eigenvalue weighted by Gasteiger charge is 2.26. The SMILES string of the molecule is COCCN(CC1CC1)c1ncnc2oc(C)nc12. The summed E-state index contributed by atoms with van der Waals surface area (Å²) in [6.45, 7) is 4.31. The average Bonchev–Trinajstić information content (AvgIpc) is 3.13. The van der Waals surface area contributed by atoms with E-state index in [1.807, 2.05) is 6.92 Å². The largest absolute Gasteiger partial charge is 0.422 e. The maximum atomic E-state index is 5.46. The maximum absolute atomic E-state index is 5.46. The molecule has 0 saturated heterocycles. The fourth-order valence-corrected chi connectivity index (χ4v) is 2.18. The molecule has 0 radical (unpaired) electrons. The predicted molar refractivity (Wildman–Crippen MR) is 71.1 cm³/mol. The zero-order valence-corrected chi connectivity index (χ0v) is 11.3. The van der Waals surface area contributed by atoms with E-state index in [4.69, 9.17) is 9.15 Å². The molecule has 0 N–H and O–H groups in total. The van der Waals surface area contributed by atoms with Crippen LogP contribution in [0.1, 0.15) is 18.7 Å². The normalized spacial score (nSPS) is 15.1. The number of fused-ring (bicyclic) bond motifs is 1. The van der Waals surface area contributed by atoms with Crippen molar-refractivity contribution in [2.45, 2.75) is 19.8 Å². The molecular formula is C13H18N4O2. The fraction of sp³-hybridized carbons (Fsp3) is 0.615. The molecule has 0 unspecified atom stereocenters. The number of hydrogen-bond donors (Lipinski definition) is 0. The van der Waals surface area contributed by atoms with Crippen LogP contribution in [0.5, 0.6) is 0 Å². The molecule has 0 atom stereocenters. The van der Waals surface area contributed by atoms with Crippen molar-refractivity contribution in [3.63, 3.8) is 0 Å². The number of methoxy groups -OCH3 is 1. The predicted octanol–water partition coefficient (Wildman–Crippen LogP) is 1.79. The average molecular weight is 262 g/mol. The van der Waals surface area contributed by atoms with Crippen LogP contribution in [0.25, 0.3) is 11.2 Å². The van der Waals surface area contributed by atoms with Crippen LogP contribution in [0, 0.1) is 12.8 Å². The Balaban J connectivity index is 1.92. The third-order valence-corrected chi connectivity index (χ3v) is 3.32. The van der Waals surface area contributed by atoms with E-state index in [2.05, 4.69) is 19.9 Å². The van der Waals surface area contributed by atoms with Crippen molar-refractivity contribution in [2.24, 2.45) is 5.92 Å². The van der Waals surface area contributed by atoms with E-state index in [0.717, 1.165) is 30.3 Å². The number of rotatable bonds is 6. The van der Waals surface area contributed by atoms with E-state index in [9.17, 15) is 0 Å². The van der Waals surface area contributed by atoms with Gasteiger partial charge in [0.05, 0.1) is 6.61 Å². The summed E-state index contributed by atoms with van der Waals surface area (Å²) in [5.41, 5.74) is 1.30. The number of ether oxygens (including phenoxy) is 1. The second-order valence-corrected chi connectivity index (χ2v) is 4.97. The zero-order chi connectivity index (χ0) is 13.2. The molecule has 0 spiro atoms. The molecule has 0 amide bonds. The summed E-state index contributed by atoms with van der Waals surface area (Å²) in [5.74, 6) is 2.25. The third-order valence-electron chi connectivity index (χ3n) is 3.32. The molecule has 1 aliphatic carbocycles. The Hall–Kier alpha value is -1.69. The highest BCUT2D eigenvalue weighted by Crippen LogP contribution is 2.32. The van der Waals surface area contributed by atoms with Gasteiger partial charge < -0.3 is 14.1 Å². The number of anilines is 1. The van der Waals surface area contributed by atoms with Crippen LogP contribution in [0.2, 0.25) is 0 Å². The topological polar surface area (TPSA) is 64.3 Å². The van der Waals surface area contributed by atoms with Gasteiger partial charge in [-0.2, -0.15) is 4.98 Å². The van der Waals surface area contributed by atoms with Gasteiger partial charge in [0.1, 0.15) is 6.33 Å². The molecule has 6 heteroatoms. The highest BCUT2D eigenvalue weighted by atomic mass is 16.5. The second kappa shape index (κ2) is 5.13. The molecule has 0 aliphatic heterocycles. The Morgan fingerprint density at radius 1 is 1.42 bits per heavy atom. The van der Waals surface area contributed by atoms with Crippen molar-refractivity contribution < 1.29 is 9.15 Å². The first kappa shape index (κ1) is 12.3. The Bertz CT molecular complexity index is 565. The van der Waals surface area contributed by atoms with Crippen molar-refractivity contribution in [1.29, 1.82) is 0 Å². The van der Waals surface area contributed by atoms with Crippen LogP contribution in [-0.4, -0.2) is 41.8 Å². The Morgan fingerprint density at radius 3 is 3.00 bits per heavy atom. The fourth-order valence-electron chi connectivity index (χ4n) is 2.18. The third kappa shape index (κ3) is 2.68. The Morgan fingerprint density at radius 2 is 2.26 bits per heavy atom. The standard InChI is InChI=1S/C13H18N4O2/c1-9-16-11-12(14-8-15-13(11)19-9)17(5-6-18-2)7-10-3-4-10/h8,10H,3-7H2,1-2H3. The van der Waals surface area contributed by atoms with Gasteiger partial charge in [0.2, 0.25) is 0 Å². The van der Waals surface area contributed by atoms with Gasteiger partial charge in [-0.15, -0.1) is 0 Å².